The number of halogens is 6. The van der Waals surface area contributed by atoms with E-state index in [0.717, 1.165) is 34.1 Å². The monoisotopic (exact) mass is 1040 g/mol. The number of nitrogens with two attached hydrogens (primary N) is 2. The van der Waals surface area contributed by atoms with E-state index in [9.17, 15) is 45.5 Å². The van der Waals surface area contributed by atoms with Gasteiger partial charge in [-0.2, -0.15) is 26.3 Å². The smallest absolute Gasteiger partial charge is 0.416 e. The fourth-order valence-corrected chi connectivity index (χ4v) is 9.05. The zero-order chi connectivity index (χ0) is 53.9. The Balaban J connectivity index is 1.06. The Morgan fingerprint density at radius 2 is 0.959 bits per heavy atom. The van der Waals surface area contributed by atoms with Crippen LogP contribution >= 0.6 is 0 Å². The number of amides is 4. The van der Waals surface area contributed by atoms with Gasteiger partial charge in [-0.25, -0.2) is 19.2 Å². The third kappa shape index (κ3) is 13.3. The van der Waals surface area contributed by atoms with Crippen LogP contribution in [0.5, 0.6) is 0 Å². The van der Waals surface area contributed by atoms with Crippen molar-refractivity contribution < 1.29 is 55.0 Å². The molecule has 6 N–H and O–H groups in total. The van der Waals surface area contributed by atoms with Crippen molar-refractivity contribution in [1.29, 1.82) is 0 Å². The van der Waals surface area contributed by atoms with Gasteiger partial charge in [0.25, 0.3) is 0 Å². The van der Waals surface area contributed by atoms with Crippen molar-refractivity contribution in [3.8, 4) is 0 Å². The highest BCUT2D eigenvalue weighted by Gasteiger charge is 2.45. The molecule has 2 unspecified atom stereocenters. The molecule has 6 rings (SSSR count). The summed E-state index contributed by atoms with van der Waals surface area (Å²) in [6, 6.07) is 19.1. The van der Waals surface area contributed by atoms with Crippen LogP contribution in [-0.2, 0) is 31.4 Å². The number of esters is 2. The molecule has 2 heterocycles. The molecule has 2 atom stereocenters. The normalized spacial score (nSPS) is 16.7. The first-order chi connectivity index (χ1) is 35.2. The van der Waals surface area contributed by atoms with Crippen molar-refractivity contribution in [1.82, 2.24) is 25.3 Å². The lowest BCUT2D eigenvalue weighted by atomic mass is 9.92. The molecule has 0 radical (unpaired) electrons. The fraction of sp³-hybridized carbons (Fsp3) is 0.396. The van der Waals surface area contributed by atoms with Gasteiger partial charge in [0.15, 0.2) is 0 Å². The minimum Gasteiger partial charge on any atom is -0.463 e. The van der Waals surface area contributed by atoms with Crippen molar-refractivity contribution in [2.24, 2.45) is 0 Å². The number of nitrogen functional groups attached to an aromatic ring is 2. The van der Waals surface area contributed by atoms with Crippen LogP contribution in [0.15, 0.2) is 120 Å². The predicted molar refractivity (Wildman–Crippen MR) is 270 cm³/mol. The van der Waals surface area contributed by atoms with Crippen LogP contribution in [0.3, 0.4) is 0 Å². The van der Waals surface area contributed by atoms with Gasteiger partial charge < -0.3 is 46.3 Å². The standard InChI is InChI=1S/C53H63F6N9O6/c1-6-73-48(69)44-34(3)67(42-14-8-12-38(32-42)52(54,55)56)50(71)65(46(44)36-16-20-40(60)21-17-36)28-10-24-62-26-30-64(5)31-27-63-25-11-29-66-47(37-18-22-41(61)23-19-37)45(49(70)74-7-2)35(4)68(51(66)72)43-15-9-13-39(33-43)53(57,58)59/h8-9,12-23,32-33,46-47,62-63H,6-7,10-11,24-31,60-61H2,1-5H3. The Morgan fingerprint density at radius 3 is 1.30 bits per heavy atom. The van der Waals surface area contributed by atoms with Crippen LogP contribution in [0.1, 0.15) is 74.9 Å². The maximum absolute atomic E-state index is 14.5. The second-order valence-electron chi connectivity index (χ2n) is 17.8. The van der Waals surface area contributed by atoms with Gasteiger partial charge in [-0.3, -0.25) is 9.80 Å². The van der Waals surface area contributed by atoms with Crippen molar-refractivity contribution >= 4 is 46.8 Å². The van der Waals surface area contributed by atoms with E-state index >= 15 is 0 Å². The molecule has 2 aliphatic rings. The van der Waals surface area contributed by atoms with Gasteiger partial charge in [0.2, 0.25) is 0 Å². The van der Waals surface area contributed by atoms with Crippen molar-refractivity contribution in [3.63, 3.8) is 0 Å². The molecule has 0 aromatic heterocycles. The van der Waals surface area contributed by atoms with E-state index in [1.807, 2.05) is 7.05 Å². The third-order valence-electron chi connectivity index (χ3n) is 12.7. The molecule has 0 bridgehead atoms. The number of nitrogens with one attached hydrogen (secondary N) is 2. The second-order valence-corrected chi connectivity index (χ2v) is 17.8. The molecule has 74 heavy (non-hydrogen) atoms. The highest BCUT2D eigenvalue weighted by molar-refractivity contribution is 6.04. The molecule has 4 amide bonds. The van der Waals surface area contributed by atoms with Crippen LogP contribution in [0.25, 0.3) is 0 Å². The summed E-state index contributed by atoms with van der Waals surface area (Å²) in [6.45, 7) is 9.92. The summed E-state index contributed by atoms with van der Waals surface area (Å²) in [4.78, 5) is 63.5. The van der Waals surface area contributed by atoms with Crippen LogP contribution < -0.4 is 31.9 Å². The first kappa shape index (κ1) is 56.2. The summed E-state index contributed by atoms with van der Waals surface area (Å²) >= 11 is 0. The lowest BCUT2D eigenvalue weighted by Gasteiger charge is -2.43. The van der Waals surface area contributed by atoms with Crippen LogP contribution in [0.2, 0.25) is 0 Å². The average molecular weight is 1040 g/mol. The summed E-state index contributed by atoms with van der Waals surface area (Å²) in [6.07, 6.45) is -8.52. The van der Waals surface area contributed by atoms with E-state index in [2.05, 4.69) is 15.5 Å². The fourth-order valence-electron chi connectivity index (χ4n) is 9.05. The van der Waals surface area contributed by atoms with E-state index in [0.29, 0.717) is 74.6 Å². The van der Waals surface area contributed by atoms with Gasteiger partial charge in [0, 0.05) is 62.0 Å². The quantitative estimate of drug-likeness (QED) is 0.0255. The number of carbonyl (C=O) groups is 4. The maximum Gasteiger partial charge on any atom is 0.416 e. The minimum atomic E-state index is -4.68. The number of anilines is 4. The second kappa shape index (κ2) is 24.8. The first-order valence-electron chi connectivity index (χ1n) is 24.3. The SMILES string of the molecule is CCOC(=O)C1=C(C)N(c2cccc(C(F)(F)F)c2)C(=O)N(CCCNCCN(C)CCNCCCN2C(=O)N(c3cccc(C(F)(F)F)c3)C(C)=C(C(=O)OCC)C2c2ccc(N)cc2)C1c1ccc(N)cc1. The zero-order valence-corrected chi connectivity index (χ0v) is 42.0. The number of hydrogen-bond acceptors (Lipinski definition) is 11. The summed E-state index contributed by atoms with van der Waals surface area (Å²) in [5.74, 6) is -1.42. The van der Waals surface area contributed by atoms with Crippen LogP contribution in [0.4, 0.5) is 58.7 Å². The van der Waals surface area contributed by atoms with E-state index in [4.69, 9.17) is 20.9 Å². The third-order valence-corrected chi connectivity index (χ3v) is 12.7. The lowest BCUT2D eigenvalue weighted by Crippen LogP contribution is -2.51. The summed E-state index contributed by atoms with van der Waals surface area (Å²) in [5, 5.41) is 6.77. The van der Waals surface area contributed by atoms with Gasteiger partial charge in [-0.1, -0.05) is 36.4 Å². The van der Waals surface area contributed by atoms with Gasteiger partial charge in [-0.15, -0.1) is 0 Å². The highest BCUT2D eigenvalue weighted by atomic mass is 19.4. The molecular formula is C53H63F6N9O6. The Kier molecular flexibility index (Phi) is 18.8. The zero-order valence-electron chi connectivity index (χ0n) is 42.0. The number of alkyl halides is 6. The topological polar surface area (TPSA) is 179 Å². The molecule has 4 aromatic carbocycles. The molecule has 4 aromatic rings. The summed E-state index contributed by atoms with van der Waals surface area (Å²) in [5.41, 5.74) is 12.5. The lowest BCUT2D eigenvalue weighted by molar-refractivity contribution is -0.140. The Hall–Kier alpha value is -7.10. The van der Waals surface area contributed by atoms with Gasteiger partial charge in [0.1, 0.15) is 0 Å². The first-order valence-corrected chi connectivity index (χ1v) is 24.3. The van der Waals surface area contributed by atoms with Crippen molar-refractivity contribution in [3.05, 3.63) is 142 Å². The average Bonchev–Trinajstić information content (AvgIpc) is 3.35. The van der Waals surface area contributed by atoms with Gasteiger partial charge in [-0.05, 0) is 132 Å². The van der Waals surface area contributed by atoms with Gasteiger partial charge >= 0.3 is 36.4 Å². The maximum atomic E-state index is 14.5. The Morgan fingerprint density at radius 1 is 0.595 bits per heavy atom. The molecule has 0 spiro atoms. The summed E-state index contributed by atoms with van der Waals surface area (Å²) < 4.78 is 94.0. The van der Waals surface area contributed by atoms with E-state index in [1.54, 1.807) is 62.4 Å². The van der Waals surface area contributed by atoms with E-state index in [1.165, 1.54) is 47.9 Å². The molecule has 0 aliphatic carbocycles. The predicted octanol–water partition coefficient (Wildman–Crippen LogP) is 9.12. The molecule has 0 fully saturated rings. The van der Waals surface area contributed by atoms with E-state index < -0.39 is 59.6 Å². The van der Waals surface area contributed by atoms with Crippen LogP contribution in [0, 0.1) is 0 Å². The number of carbonyl (C=O) groups excluding carboxylic acids is 4. The number of urea groups is 2. The number of allylic oxidation sites excluding steroid dienone is 2. The molecule has 398 valence electrons. The number of ether oxygens (including phenoxy) is 2. The van der Waals surface area contributed by atoms with Gasteiger partial charge in [0.05, 0.1) is 58.9 Å². The molecule has 21 heteroatoms. The summed E-state index contributed by atoms with van der Waals surface area (Å²) in [7, 11) is 1.94. The Bertz CT molecular complexity index is 2500. The van der Waals surface area contributed by atoms with E-state index in [-0.39, 0.29) is 60.2 Å². The number of benzene rings is 4. The van der Waals surface area contributed by atoms with Crippen molar-refractivity contribution in [2.75, 3.05) is 93.9 Å². The molecule has 2 aliphatic heterocycles. The molecule has 0 saturated carbocycles. The largest absolute Gasteiger partial charge is 0.463 e. The number of nitrogens with zero attached hydrogens (tertiary/aromatic N) is 5. The number of rotatable bonds is 22. The molecular weight excluding hydrogens is 973 g/mol. The number of likely N-dealkylation sites (N-methyl/N-ethyl adjacent to an activating group) is 1. The van der Waals surface area contributed by atoms with Crippen LogP contribution in [-0.4, -0.2) is 111 Å². The Labute approximate surface area is 426 Å². The number of hydrogen-bond donors (Lipinski definition) is 4. The minimum absolute atomic E-state index is 0.0258. The van der Waals surface area contributed by atoms with Crippen molar-refractivity contribution in [2.45, 2.75) is 65.0 Å². The molecule has 15 nitrogen and oxygen atoms in total. The highest BCUT2D eigenvalue weighted by Crippen LogP contribution is 2.43. The molecule has 0 saturated heterocycles.